The number of aryl methyl sites for hydroxylation is 1. The van der Waals surface area contributed by atoms with E-state index >= 15 is 0 Å². The van der Waals surface area contributed by atoms with E-state index < -0.39 is 0 Å². The SMILES string of the molecule is CCc1ccc([C@@H]2COC(=O)N2)cc1. The van der Waals surface area contributed by atoms with Crippen LogP contribution in [-0.4, -0.2) is 12.7 Å². The van der Waals surface area contributed by atoms with E-state index in [4.69, 9.17) is 4.74 Å². The molecule has 1 aromatic carbocycles. The number of ether oxygens (including phenoxy) is 1. The lowest BCUT2D eigenvalue weighted by Crippen LogP contribution is -2.18. The van der Waals surface area contributed by atoms with E-state index in [1.807, 2.05) is 12.1 Å². The molecule has 0 bridgehead atoms. The molecule has 0 saturated carbocycles. The Morgan fingerprint density at radius 2 is 2.14 bits per heavy atom. The third-order valence-corrected chi connectivity index (χ3v) is 2.46. The molecule has 0 radical (unpaired) electrons. The van der Waals surface area contributed by atoms with Crippen LogP contribution < -0.4 is 5.32 Å². The number of hydrogen-bond donors (Lipinski definition) is 1. The lowest BCUT2D eigenvalue weighted by molar-refractivity contribution is 0.177. The van der Waals surface area contributed by atoms with Crippen molar-refractivity contribution in [2.24, 2.45) is 0 Å². The molecule has 1 aliphatic rings. The third kappa shape index (κ3) is 1.71. The number of amides is 1. The normalized spacial score (nSPS) is 20.4. The molecule has 0 aliphatic carbocycles. The maximum atomic E-state index is 10.8. The van der Waals surface area contributed by atoms with Gasteiger partial charge in [0.25, 0.3) is 0 Å². The largest absolute Gasteiger partial charge is 0.447 e. The minimum atomic E-state index is -0.324. The van der Waals surface area contributed by atoms with Gasteiger partial charge in [0, 0.05) is 0 Å². The fraction of sp³-hybridized carbons (Fsp3) is 0.364. The van der Waals surface area contributed by atoms with E-state index in [2.05, 4.69) is 24.4 Å². The zero-order chi connectivity index (χ0) is 9.97. The first-order valence-electron chi connectivity index (χ1n) is 4.81. The highest BCUT2D eigenvalue weighted by atomic mass is 16.6. The van der Waals surface area contributed by atoms with Crippen LogP contribution in [0.25, 0.3) is 0 Å². The van der Waals surface area contributed by atoms with Crippen molar-refractivity contribution in [3.63, 3.8) is 0 Å². The molecule has 74 valence electrons. The van der Waals surface area contributed by atoms with Gasteiger partial charge >= 0.3 is 6.09 Å². The van der Waals surface area contributed by atoms with Gasteiger partial charge in [-0.05, 0) is 17.5 Å². The molecular formula is C11H13NO2. The van der Waals surface area contributed by atoms with Gasteiger partial charge in [-0.1, -0.05) is 31.2 Å². The van der Waals surface area contributed by atoms with Gasteiger partial charge in [0.15, 0.2) is 0 Å². The van der Waals surface area contributed by atoms with Crippen LogP contribution in [0.2, 0.25) is 0 Å². The second-order valence-corrected chi connectivity index (χ2v) is 3.39. The fourth-order valence-corrected chi connectivity index (χ4v) is 1.55. The number of carbonyl (C=O) groups is 1. The molecule has 1 fully saturated rings. The number of alkyl carbamates (subject to hydrolysis) is 1. The van der Waals surface area contributed by atoms with Crippen molar-refractivity contribution in [2.45, 2.75) is 19.4 Å². The summed E-state index contributed by atoms with van der Waals surface area (Å²) in [5, 5.41) is 2.75. The number of cyclic esters (lactones) is 1. The minimum Gasteiger partial charge on any atom is -0.447 e. The van der Waals surface area contributed by atoms with E-state index in [1.54, 1.807) is 0 Å². The summed E-state index contributed by atoms with van der Waals surface area (Å²) in [6.45, 7) is 2.56. The Balaban J connectivity index is 2.13. The molecule has 3 heteroatoms. The zero-order valence-electron chi connectivity index (χ0n) is 8.12. The monoisotopic (exact) mass is 191 g/mol. The zero-order valence-corrected chi connectivity index (χ0v) is 8.12. The van der Waals surface area contributed by atoms with Gasteiger partial charge in [0.2, 0.25) is 0 Å². The second-order valence-electron chi connectivity index (χ2n) is 3.39. The van der Waals surface area contributed by atoms with Crippen molar-refractivity contribution < 1.29 is 9.53 Å². The van der Waals surface area contributed by atoms with Gasteiger partial charge < -0.3 is 10.1 Å². The van der Waals surface area contributed by atoms with E-state index in [0.29, 0.717) is 6.61 Å². The minimum absolute atomic E-state index is 0.0217. The standard InChI is InChI=1S/C11H13NO2/c1-2-8-3-5-9(6-4-8)10-7-14-11(13)12-10/h3-6,10H,2,7H2,1H3,(H,12,13)/t10-/m0/s1. The van der Waals surface area contributed by atoms with Gasteiger partial charge in [-0.15, -0.1) is 0 Å². The maximum Gasteiger partial charge on any atom is 0.407 e. The van der Waals surface area contributed by atoms with Crippen molar-refractivity contribution in [3.05, 3.63) is 35.4 Å². The molecule has 1 atom stereocenters. The Hall–Kier alpha value is -1.51. The lowest BCUT2D eigenvalue weighted by Gasteiger charge is -2.07. The van der Waals surface area contributed by atoms with E-state index in [1.165, 1.54) is 5.56 Å². The van der Waals surface area contributed by atoms with Crippen LogP contribution in [0.1, 0.15) is 24.1 Å². The van der Waals surface area contributed by atoms with Crippen molar-refractivity contribution in [3.8, 4) is 0 Å². The summed E-state index contributed by atoms with van der Waals surface area (Å²) in [5.74, 6) is 0. The van der Waals surface area contributed by atoms with Crippen LogP contribution in [-0.2, 0) is 11.2 Å². The highest BCUT2D eigenvalue weighted by Crippen LogP contribution is 2.18. The van der Waals surface area contributed by atoms with Gasteiger partial charge in [-0.25, -0.2) is 4.79 Å². The molecule has 3 nitrogen and oxygen atoms in total. The van der Waals surface area contributed by atoms with E-state index in [9.17, 15) is 4.79 Å². The highest BCUT2D eigenvalue weighted by Gasteiger charge is 2.23. The van der Waals surface area contributed by atoms with Crippen LogP contribution in [0, 0.1) is 0 Å². The predicted octanol–water partition coefficient (Wildman–Crippen LogP) is 2.03. The molecule has 1 amide bonds. The van der Waals surface area contributed by atoms with E-state index in [0.717, 1.165) is 12.0 Å². The van der Waals surface area contributed by atoms with Crippen LogP contribution >= 0.6 is 0 Å². The Kier molecular flexibility index (Phi) is 2.39. The number of carbonyl (C=O) groups excluding carboxylic acids is 1. The highest BCUT2D eigenvalue weighted by molar-refractivity contribution is 5.70. The smallest absolute Gasteiger partial charge is 0.407 e. The first kappa shape index (κ1) is 9.06. The second kappa shape index (κ2) is 3.70. The van der Waals surface area contributed by atoms with Gasteiger partial charge in [0.05, 0.1) is 6.04 Å². The molecule has 1 aliphatic heterocycles. The molecular weight excluding hydrogens is 178 g/mol. The average molecular weight is 191 g/mol. The Morgan fingerprint density at radius 3 is 2.64 bits per heavy atom. The molecule has 2 rings (SSSR count). The van der Waals surface area contributed by atoms with Crippen molar-refractivity contribution in [2.75, 3.05) is 6.61 Å². The van der Waals surface area contributed by atoms with Crippen LogP contribution in [0.4, 0.5) is 4.79 Å². The van der Waals surface area contributed by atoms with Gasteiger partial charge in [-0.2, -0.15) is 0 Å². The van der Waals surface area contributed by atoms with Gasteiger partial charge in [-0.3, -0.25) is 0 Å². The molecule has 0 aromatic heterocycles. The lowest BCUT2D eigenvalue weighted by atomic mass is 10.1. The molecule has 1 N–H and O–H groups in total. The van der Waals surface area contributed by atoms with Crippen LogP contribution in [0.3, 0.4) is 0 Å². The first-order valence-corrected chi connectivity index (χ1v) is 4.81. The van der Waals surface area contributed by atoms with Gasteiger partial charge in [0.1, 0.15) is 6.61 Å². The Bertz CT molecular complexity index is 332. The fourth-order valence-electron chi connectivity index (χ4n) is 1.55. The summed E-state index contributed by atoms with van der Waals surface area (Å²) in [5.41, 5.74) is 2.41. The van der Waals surface area contributed by atoms with E-state index in [-0.39, 0.29) is 12.1 Å². The number of benzene rings is 1. The molecule has 0 spiro atoms. The summed E-state index contributed by atoms with van der Waals surface area (Å²) in [7, 11) is 0. The topological polar surface area (TPSA) is 38.3 Å². The Morgan fingerprint density at radius 1 is 1.43 bits per heavy atom. The first-order chi connectivity index (χ1) is 6.79. The number of rotatable bonds is 2. The number of nitrogens with one attached hydrogen (secondary N) is 1. The quantitative estimate of drug-likeness (QED) is 0.776. The summed E-state index contributed by atoms with van der Waals surface area (Å²) < 4.78 is 4.83. The van der Waals surface area contributed by atoms with Crippen LogP contribution in [0.15, 0.2) is 24.3 Å². The molecule has 1 aromatic rings. The molecule has 14 heavy (non-hydrogen) atoms. The van der Waals surface area contributed by atoms with Crippen LogP contribution in [0.5, 0.6) is 0 Å². The summed E-state index contributed by atoms with van der Waals surface area (Å²) >= 11 is 0. The summed E-state index contributed by atoms with van der Waals surface area (Å²) in [6, 6.07) is 8.27. The predicted molar refractivity (Wildman–Crippen MR) is 53.0 cm³/mol. The molecule has 1 saturated heterocycles. The molecule has 0 unspecified atom stereocenters. The summed E-state index contributed by atoms with van der Waals surface area (Å²) in [6.07, 6.45) is 0.711. The van der Waals surface area contributed by atoms with Crippen molar-refractivity contribution >= 4 is 6.09 Å². The third-order valence-electron chi connectivity index (χ3n) is 2.46. The number of hydrogen-bond acceptors (Lipinski definition) is 2. The van der Waals surface area contributed by atoms with Crippen molar-refractivity contribution in [1.82, 2.24) is 5.32 Å². The molecule has 1 heterocycles. The Labute approximate surface area is 83.1 Å². The maximum absolute atomic E-state index is 10.8. The van der Waals surface area contributed by atoms with Crippen molar-refractivity contribution in [1.29, 1.82) is 0 Å². The summed E-state index contributed by atoms with van der Waals surface area (Å²) in [4.78, 5) is 10.8. The average Bonchev–Trinajstić information content (AvgIpc) is 2.65.